The van der Waals surface area contributed by atoms with Gasteiger partial charge in [-0.3, -0.25) is 4.98 Å². The summed E-state index contributed by atoms with van der Waals surface area (Å²) in [5.41, 5.74) is 6.84. The van der Waals surface area contributed by atoms with Crippen molar-refractivity contribution in [3.05, 3.63) is 111 Å². The maximum Gasteiger partial charge on any atom is 0.174 e. The number of nitrogens with zero attached hydrogens (tertiary/aromatic N) is 3. The Bertz CT molecular complexity index is 1370. The molecule has 1 fully saturated rings. The molecule has 3 heterocycles. The summed E-state index contributed by atoms with van der Waals surface area (Å²) < 4.78 is 17.4. The third-order valence-electron chi connectivity index (χ3n) is 6.39. The molecule has 4 nitrogen and oxygen atoms in total. The zero-order chi connectivity index (χ0) is 24.0. The fourth-order valence-electron chi connectivity index (χ4n) is 4.80. The molecule has 1 N–H and O–H groups in total. The minimum absolute atomic E-state index is 0.150. The normalized spacial score (nSPS) is 17.8. The fourth-order valence-corrected chi connectivity index (χ4v) is 5.41. The Morgan fingerprint density at radius 1 is 0.971 bits per heavy atom. The van der Waals surface area contributed by atoms with E-state index in [1.807, 2.05) is 36.4 Å². The molecular formula is C27H24BrFN4S. The van der Waals surface area contributed by atoms with Gasteiger partial charge in [-0.1, -0.05) is 22.0 Å². The molecule has 1 aliphatic rings. The van der Waals surface area contributed by atoms with Crippen LogP contribution in [0.25, 0.3) is 5.69 Å². The van der Waals surface area contributed by atoms with Crippen molar-refractivity contribution in [1.29, 1.82) is 0 Å². The smallest absolute Gasteiger partial charge is 0.174 e. The summed E-state index contributed by atoms with van der Waals surface area (Å²) in [5, 5.41) is 4.09. The van der Waals surface area contributed by atoms with Crippen LogP contribution in [-0.4, -0.2) is 14.7 Å². The van der Waals surface area contributed by atoms with E-state index in [2.05, 4.69) is 67.7 Å². The summed E-state index contributed by atoms with van der Waals surface area (Å²) in [6.07, 6.45) is 1.80. The molecule has 4 aromatic rings. The highest BCUT2D eigenvalue weighted by molar-refractivity contribution is 9.10. The van der Waals surface area contributed by atoms with Gasteiger partial charge in [-0.2, -0.15) is 0 Å². The van der Waals surface area contributed by atoms with Crippen LogP contribution in [0.4, 0.5) is 10.1 Å². The van der Waals surface area contributed by atoms with Gasteiger partial charge in [-0.15, -0.1) is 0 Å². The molecule has 0 spiro atoms. The molecule has 2 aromatic carbocycles. The summed E-state index contributed by atoms with van der Waals surface area (Å²) in [4.78, 5) is 6.73. The Morgan fingerprint density at radius 3 is 2.38 bits per heavy atom. The number of thiocarbonyl (C=S) groups is 1. The summed E-state index contributed by atoms with van der Waals surface area (Å²) in [6, 6.07) is 21.3. The number of hydrogen-bond acceptors (Lipinski definition) is 2. The highest BCUT2D eigenvalue weighted by Gasteiger charge is 2.42. The number of aromatic nitrogens is 2. The first kappa shape index (κ1) is 22.7. The van der Waals surface area contributed by atoms with Crippen LogP contribution < -0.4 is 10.2 Å². The maximum atomic E-state index is 14.1. The molecule has 0 bridgehead atoms. The number of hydrogen-bond donors (Lipinski definition) is 1. The molecular weight excluding hydrogens is 511 g/mol. The van der Waals surface area contributed by atoms with Gasteiger partial charge in [0.15, 0.2) is 5.11 Å². The third kappa shape index (κ3) is 3.93. The van der Waals surface area contributed by atoms with Crippen molar-refractivity contribution in [2.45, 2.75) is 32.9 Å². The summed E-state index contributed by atoms with van der Waals surface area (Å²) in [6.45, 7) is 6.02. The van der Waals surface area contributed by atoms with Crippen molar-refractivity contribution in [3.8, 4) is 5.69 Å². The quantitative estimate of drug-likeness (QED) is 0.289. The van der Waals surface area contributed by atoms with Crippen LogP contribution in [0.1, 0.15) is 40.3 Å². The van der Waals surface area contributed by atoms with Crippen molar-refractivity contribution >= 4 is 38.9 Å². The summed E-state index contributed by atoms with van der Waals surface area (Å²) in [5.74, 6) is -0.229. The van der Waals surface area contributed by atoms with E-state index < -0.39 is 0 Å². The second kappa shape index (κ2) is 8.96. The van der Waals surface area contributed by atoms with Gasteiger partial charge >= 0.3 is 0 Å². The zero-order valence-corrected chi connectivity index (χ0v) is 21.5. The fraction of sp³-hybridized carbons (Fsp3) is 0.185. The molecule has 0 amide bonds. The number of nitrogens with one attached hydrogen (secondary N) is 1. The molecule has 0 radical (unpaired) electrons. The first-order valence-electron chi connectivity index (χ1n) is 11.1. The molecule has 34 heavy (non-hydrogen) atoms. The van der Waals surface area contributed by atoms with Crippen LogP contribution in [0.3, 0.4) is 0 Å². The van der Waals surface area contributed by atoms with Crippen LogP contribution in [-0.2, 0) is 0 Å². The van der Waals surface area contributed by atoms with E-state index in [-0.39, 0.29) is 17.9 Å². The van der Waals surface area contributed by atoms with Gasteiger partial charge in [0, 0.05) is 33.4 Å². The molecule has 5 rings (SSSR count). The Labute approximate surface area is 212 Å². The molecule has 2 unspecified atom stereocenters. The lowest BCUT2D eigenvalue weighted by atomic mass is 9.96. The standard InChI is InChI=1S/C27H24BrFN4S/c1-16-14-21(11-12-23(16)29)33-26(25(31-27(33)34)24-6-4-5-13-30-24)22-15-17(2)32(18(22)3)20-9-7-19(28)8-10-20/h4-15,25-26H,1-3H3,(H,31,34). The van der Waals surface area contributed by atoms with Crippen molar-refractivity contribution in [2.75, 3.05) is 4.90 Å². The molecule has 0 saturated carbocycles. The molecule has 172 valence electrons. The summed E-state index contributed by atoms with van der Waals surface area (Å²) in [7, 11) is 0. The minimum atomic E-state index is -0.229. The van der Waals surface area contributed by atoms with Crippen molar-refractivity contribution in [1.82, 2.24) is 14.9 Å². The van der Waals surface area contributed by atoms with Gasteiger partial charge in [-0.25, -0.2) is 4.39 Å². The van der Waals surface area contributed by atoms with E-state index >= 15 is 0 Å². The lowest BCUT2D eigenvalue weighted by Gasteiger charge is -2.28. The molecule has 1 saturated heterocycles. The molecule has 2 aromatic heterocycles. The molecule has 1 aliphatic heterocycles. The second-order valence-corrected chi connectivity index (χ2v) is 9.87. The highest BCUT2D eigenvalue weighted by Crippen LogP contribution is 2.44. The molecule has 0 aliphatic carbocycles. The Hall–Kier alpha value is -3.03. The zero-order valence-electron chi connectivity index (χ0n) is 19.1. The first-order valence-corrected chi connectivity index (χ1v) is 12.3. The average Bonchev–Trinajstić information content (AvgIpc) is 3.32. The van der Waals surface area contributed by atoms with E-state index in [0.29, 0.717) is 10.7 Å². The maximum absolute atomic E-state index is 14.1. The molecule has 7 heteroatoms. The molecule has 2 atom stereocenters. The monoisotopic (exact) mass is 534 g/mol. The Kier molecular flexibility index (Phi) is 6.00. The van der Waals surface area contributed by atoms with Gasteiger partial charge in [0.05, 0.1) is 17.8 Å². The second-order valence-electron chi connectivity index (χ2n) is 8.57. The third-order valence-corrected chi connectivity index (χ3v) is 7.23. The lowest BCUT2D eigenvalue weighted by Crippen LogP contribution is -2.29. The average molecular weight is 535 g/mol. The van der Waals surface area contributed by atoms with Gasteiger partial charge in [0.25, 0.3) is 0 Å². The Balaban J connectivity index is 1.68. The van der Waals surface area contributed by atoms with Crippen molar-refractivity contribution in [2.24, 2.45) is 0 Å². The van der Waals surface area contributed by atoms with Crippen LogP contribution >= 0.6 is 28.1 Å². The first-order chi connectivity index (χ1) is 16.3. The van der Waals surface area contributed by atoms with E-state index in [4.69, 9.17) is 12.2 Å². The number of rotatable bonds is 4. The SMILES string of the molecule is Cc1cc(N2C(=S)NC(c3ccccn3)C2c2cc(C)n(-c3ccc(Br)cc3)c2C)ccc1F. The van der Waals surface area contributed by atoms with Crippen LogP contribution in [0.5, 0.6) is 0 Å². The van der Waals surface area contributed by atoms with E-state index in [1.54, 1.807) is 19.2 Å². The van der Waals surface area contributed by atoms with Crippen LogP contribution in [0.15, 0.2) is 77.4 Å². The van der Waals surface area contributed by atoms with Gasteiger partial charge in [0.2, 0.25) is 0 Å². The van der Waals surface area contributed by atoms with Crippen LogP contribution in [0.2, 0.25) is 0 Å². The topological polar surface area (TPSA) is 33.1 Å². The largest absolute Gasteiger partial charge is 0.351 e. The van der Waals surface area contributed by atoms with Crippen LogP contribution in [0, 0.1) is 26.6 Å². The lowest BCUT2D eigenvalue weighted by molar-refractivity contribution is 0.564. The minimum Gasteiger partial charge on any atom is -0.351 e. The van der Waals surface area contributed by atoms with Gasteiger partial charge in [-0.05, 0) is 105 Å². The van der Waals surface area contributed by atoms with E-state index in [1.165, 1.54) is 6.07 Å². The van der Waals surface area contributed by atoms with Gasteiger partial charge in [0.1, 0.15) is 5.82 Å². The number of halogens is 2. The van der Waals surface area contributed by atoms with E-state index in [9.17, 15) is 4.39 Å². The van der Waals surface area contributed by atoms with Gasteiger partial charge < -0.3 is 14.8 Å². The number of benzene rings is 2. The number of anilines is 1. The van der Waals surface area contributed by atoms with Crippen molar-refractivity contribution < 1.29 is 4.39 Å². The predicted molar refractivity (Wildman–Crippen MR) is 142 cm³/mol. The van der Waals surface area contributed by atoms with E-state index in [0.717, 1.165) is 38.5 Å². The Morgan fingerprint density at radius 2 is 1.71 bits per heavy atom. The number of aryl methyl sites for hydroxylation is 2. The highest BCUT2D eigenvalue weighted by atomic mass is 79.9. The number of pyridine rings is 1. The summed E-state index contributed by atoms with van der Waals surface area (Å²) >= 11 is 9.35. The predicted octanol–water partition coefficient (Wildman–Crippen LogP) is 6.88. The van der Waals surface area contributed by atoms with Crippen molar-refractivity contribution in [3.63, 3.8) is 0 Å².